The predicted octanol–water partition coefficient (Wildman–Crippen LogP) is 4.95. The highest BCUT2D eigenvalue weighted by atomic mass is 35.5. The molecule has 0 aliphatic heterocycles. The first-order valence-electron chi connectivity index (χ1n) is 7.86. The van der Waals surface area contributed by atoms with Gasteiger partial charge >= 0.3 is 0 Å². The third-order valence-corrected chi connectivity index (χ3v) is 3.74. The maximum absolute atomic E-state index is 10.7. The molecule has 3 aromatic rings. The molecule has 0 fully saturated rings. The number of benzene rings is 2. The first-order valence-corrected chi connectivity index (χ1v) is 8.24. The Labute approximate surface area is 159 Å². The second-order valence-corrected chi connectivity index (χ2v) is 5.79. The molecule has 136 valence electrons. The van der Waals surface area contributed by atoms with Gasteiger partial charge in [0.25, 0.3) is 11.6 Å². The van der Waals surface area contributed by atoms with Gasteiger partial charge in [-0.3, -0.25) is 10.1 Å². The maximum atomic E-state index is 10.7. The quantitative estimate of drug-likeness (QED) is 0.326. The van der Waals surface area contributed by atoms with Crippen LogP contribution in [0.5, 0.6) is 5.75 Å². The van der Waals surface area contributed by atoms with Crippen molar-refractivity contribution in [3.63, 3.8) is 0 Å². The van der Waals surface area contributed by atoms with Crippen molar-refractivity contribution in [1.82, 2.24) is 10.2 Å². The summed E-state index contributed by atoms with van der Waals surface area (Å²) in [6.07, 6.45) is 3.34. The average Bonchev–Trinajstić information content (AvgIpc) is 3.17. The Morgan fingerprint density at radius 2 is 2.04 bits per heavy atom. The minimum Gasteiger partial charge on any atom is -0.490 e. The van der Waals surface area contributed by atoms with Crippen molar-refractivity contribution < 1.29 is 14.1 Å². The first kappa shape index (κ1) is 18.3. The smallest absolute Gasteiger partial charge is 0.269 e. The molecule has 27 heavy (non-hydrogen) atoms. The fourth-order valence-electron chi connectivity index (χ4n) is 2.22. The van der Waals surface area contributed by atoms with E-state index in [2.05, 4.69) is 16.8 Å². The van der Waals surface area contributed by atoms with Crippen LogP contribution in [0.2, 0.25) is 0 Å². The normalized spacial score (nSPS) is 11.2. The Balaban J connectivity index is 1.80. The van der Waals surface area contributed by atoms with Crippen molar-refractivity contribution in [2.45, 2.75) is 0 Å². The van der Waals surface area contributed by atoms with Crippen molar-refractivity contribution in [3.05, 3.63) is 82.8 Å². The van der Waals surface area contributed by atoms with Crippen LogP contribution in [0.1, 0.15) is 11.5 Å². The van der Waals surface area contributed by atoms with E-state index in [0.29, 0.717) is 17.9 Å². The third kappa shape index (κ3) is 4.59. The van der Waals surface area contributed by atoms with Gasteiger partial charge in [-0.1, -0.05) is 36.4 Å². The Morgan fingerprint density at radius 1 is 1.26 bits per heavy atom. The number of hydrogen-bond acceptors (Lipinski definition) is 6. The van der Waals surface area contributed by atoms with Gasteiger partial charge in [0.05, 0.1) is 4.92 Å². The van der Waals surface area contributed by atoms with Gasteiger partial charge in [-0.25, -0.2) is 0 Å². The molecule has 0 unspecified atom stereocenters. The summed E-state index contributed by atoms with van der Waals surface area (Å²) in [6.45, 7) is 4.01. The van der Waals surface area contributed by atoms with Crippen molar-refractivity contribution in [1.29, 1.82) is 0 Å². The molecule has 3 rings (SSSR count). The number of aromatic nitrogens is 2. The largest absolute Gasteiger partial charge is 0.490 e. The van der Waals surface area contributed by atoms with Gasteiger partial charge < -0.3 is 9.15 Å². The van der Waals surface area contributed by atoms with Crippen molar-refractivity contribution in [2.75, 3.05) is 6.61 Å². The number of halogens is 1. The van der Waals surface area contributed by atoms with Crippen LogP contribution in [-0.4, -0.2) is 21.7 Å². The van der Waals surface area contributed by atoms with E-state index in [1.54, 1.807) is 12.2 Å². The highest BCUT2D eigenvalue weighted by Crippen LogP contribution is 2.27. The van der Waals surface area contributed by atoms with Gasteiger partial charge in [-0.05, 0) is 35.9 Å². The number of nitro benzene ring substituents is 1. The molecule has 0 bridgehead atoms. The SMILES string of the molecule is C=CCOc1cccc(/C=C(\Cl)c2nnc(-c3ccc([N+](=O)[O-])cc3)o2)c1. The Kier molecular flexibility index (Phi) is 5.63. The topological polar surface area (TPSA) is 91.3 Å². The number of nitrogens with zero attached hydrogens (tertiary/aromatic N) is 3. The Morgan fingerprint density at radius 3 is 2.74 bits per heavy atom. The predicted molar refractivity (Wildman–Crippen MR) is 102 cm³/mol. The van der Waals surface area contributed by atoms with Crippen LogP contribution in [-0.2, 0) is 0 Å². The number of hydrogen-bond donors (Lipinski definition) is 0. The number of rotatable bonds is 7. The average molecular weight is 384 g/mol. The molecule has 0 radical (unpaired) electrons. The van der Waals surface area contributed by atoms with E-state index in [4.69, 9.17) is 20.8 Å². The van der Waals surface area contributed by atoms with E-state index < -0.39 is 4.92 Å². The Bertz CT molecular complexity index is 996. The van der Waals surface area contributed by atoms with Crippen LogP contribution < -0.4 is 4.74 Å². The van der Waals surface area contributed by atoms with Crippen LogP contribution in [0.3, 0.4) is 0 Å². The lowest BCUT2D eigenvalue weighted by Crippen LogP contribution is -1.92. The van der Waals surface area contributed by atoms with E-state index in [1.807, 2.05) is 24.3 Å². The van der Waals surface area contributed by atoms with Crippen molar-refractivity contribution in [2.24, 2.45) is 0 Å². The van der Waals surface area contributed by atoms with Gasteiger partial charge in [0.15, 0.2) is 0 Å². The monoisotopic (exact) mass is 383 g/mol. The molecule has 1 aromatic heterocycles. The molecule has 0 saturated carbocycles. The van der Waals surface area contributed by atoms with Crippen LogP contribution in [0.15, 0.2) is 65.6 Å². The highest BCUT2D eigenvalue weighted by molar-refractivity contribution is 6.50. The molecule has 2 aromatic carbocycles. The maximum Gasteiger partial charge on any atom is 0.269 e. The molecule has 0 saturated heterocycles. The summed E-state index contributed by atoms with van der Waals surface area (Å²) in [7, 11) is 0. The van der Waals surface area contributed by atoms with Crippen LogP contribution in [0.4, 0.5) is 5.69 Å². The fourth-order valence-corrected chi connectivity index (χ4v) is 2.42. The Hall–Kier alpha value is -3.45. The molecule has 0 spiro atoms. The number of ether oxygens (including phenoxy) is 1. The summed E-state index contributed by atoms with van der Waals surface area (Å²) in [4.78, 5) is 10.2. The summed E-state index contributed by atoms with van der Waals surface area (Å²) < 4.78 is 11.0. The summed E-state index contributed by atoms with van der Waals surface area (Å²) in [5.41, 5.74) is 1.34. The molecule has 0 atom stereocenters. The van der Waals surface area contributed by atoms with Crippen molar-refractivity contribution >= 4 is 28.4 Å². The minimum atomic E-state index is -0.477. The molecule has 0 amide bonds. The van der Waals surface area contributed by atoms with Crippen LogP contribution >= 0.6 is 11.6 Å². The molecule has 8 heteroatoms. The third-order valence-electron chi connectivity index (χ3n) is 3.47. The summed E-state index contributed by atoms with van der Waals surface area (Å²) in [5.74, 6) is 1.04. The molecule has 0 N–H and O–H groups in total. The molecule has 0 aliphatic rings. The number of non-ortho nitro benzene ring substituents is 1. The lowest BCUT2D eigenvalue weighted by Gasteiger charge is -2.03. The molecule has 7 nitrogen and oxygen atoms in total. The highest BCUT2D eigenvalue weighted by Gasteiger charge is 2.13. The molecule has 0 aliphatic carbocycles. The van der Waals surface area contributed by atoms with Gasteiger partial charge in [-0.15, -0.1) is 10.2 Å². The van der Waals surface area contributed by atoms with Crippen LogP contribution in [0.25, 0.3) is 22.6 Å². The lowest BCUT2D eigenvalue weighted by molar-refractivity contribution is -0.384. The van der Waals surface area contributed by atoms with Crippen LogP contribution in [0, 0.1) is 10.1 Å². The lowest BCUT2D eigenvalue weighted by atomic mass is 10.2. The summed E-state index contributed by atoms with van der Waals surface area (Å²) in [5, 5.41) is 18.8. The summed E-state index contributed by atoms with van der Waals surface area (Å²) in [6, 6.07) is 13.1. The van der Waals surface area contributed by atoms with E-state index in [9.17, 15) is 10.1 Å². The molecular formula is C19H14ClN3O4. The first-order chi connectivity index (χ1) is 13.1. The molecular weight excluding hydrogens is 370 g/mol. The van der Waals surface area contributed by atoms with Gasteiger partial charge in [-0.2, -0.15) is 0 Å². The second kappa shape index (κ2) is 8.29. The second-order valence-electron chi connectivity index (χ2n) is 5.38. The minimum absolute atomic E-state index is 0.0185. The molecule has 1 heterocycles. The van der Waals surface area contributed by atoms with Crippen molar-refractivity contribution in [3.8, 4) is 17.2 Å². The zero-order valence-electron chi connectivity index (χ0n) is 14.0. The van der Waals surface area contributed by atoms with E-state index >= 15 is 0 Å². The zero-order valence-corrected chi connectivity index (χ0v) is 14.8. The van der Waals surface area contributed by atoms with Gasteiger partial charge in [0, 0.05) is 17.7 Å². The number of nitro groups is 1. The summed E-state index contributed by atoms with van der Waals surface area (Å²) >= 11 is 6.28. The zero-order chi connectivity index (χ0) is 19.2. The van der Waals surface area contributed by atoms with E-state index in [-0.39, 0.29) is 22.5 Å². The van der Waals surface area contributed by atoms with E-state index in [0.717, 1.165) is 5.56 Å². The fraction of sp³-hybridized carbons (Fsp3) is 0.0526. The van der Waals surface area contributed by atoms with Gasteiger partial charge in [0.2, 0.25) is 5.89 Å². The standard InChI is InChI=1S/C19H14ClN3O4/c1-2-10-26-16-5-3-4-13(11-16)12-17(20)19-22-21-18(27-19)14-6-8-15(9-7-14)23(24)25/h2-9,11-12H,1,10H2/b17-12-. The van der Waals surface area contributed by atoms with E-state index in [1.165, 1.54) is 24.3 Å². The van der Waals surface area contributed by atoms with Gasteiger partial charge in [0.1, 0.15) is 17.4 Å².